The Labute approximate surface area is 142 Å². The van der Waals surface area contributed by atoms with Gasteiger partial charge in [-0.3, -0.25) is 30.3 Å². The zero-order valence-corrected chi connectivity index (χ0v) is 13.5. The van der Waals surface area contributed by atoms with Crippen LogP contribution < -0.4 is 5.73 Å². The summed E-state index contributed by atoms with van der Waals surface area (Å²) in [6, 6.07) is 0.894. The maximum absolute atomic E-state index is 10.4. The minimum absolute atomic E-state index is 0.135. The molecule has 0 spiro atoms. The summed E-state index contributed by atoms with van der Waals surface area (Å²) in [4.78, 5) is 27.8. The number of phenols is 1. The van der Waals surface area contributed by atoms with Gasteiger partial charge in [-0.15, -0.1) is 13.2 Å². The molecule has 3 N–H and O–H groups in total. The lowest BCUT2D eigenvalue weighted by atomic mass is 9.95. The van der Waals surface area contributed by atoms with Crippen LogP contribution in [0.5, 0.6) is 5.75 Å². The lowest BCUT2D eigenvalue weighted by molar-refractivity contribution is -0.404. The summed E-state index contributed by atoms with van der Waals surface area (Å²) in [5.74, 6) is -1.21. The number of hydrogen-bond acceptors (Lipinski definition) is 8. The maximum atomic E-state index is 10.4. The Kier molecular flexibility index (Phi) is 7.86. The summed E-state index contributed by atoms with van der Waals surface area (Å²) in [6.45, 7) is 9.22. The molecular weight excluding hydrogens is 336 g/mol. The quantitative estimate of drug-likeness (QED) is 0.426. The van der Waals surface area contributed by atoms with Crippen LogP contribution in [0.1, 0.15) is 19.8 Å². The van der Waals surface area contributed by atoms with Gasteiger partial charge in [0.05, 0.1) is 26.9 Å². The van der Waals surface area contributed by atoms with Crippen LogP contribution in [0.2, 0.25) is 0 Å². The van der Waals surface area contributed by atoms with Gasteiger partial charge < -0.3 is 10.8 Å². The van der Waals surface area contributed by atoms with Crippen LogP contribution in [0.3, 0.4) is 0 Å². The highest BCUT2D eigenvalue weighted by Gasteiger charge is 2.30. The van der Waals surface area contributed by atoms with E-state index < -0.39 is 37.6 Å². The van der Waals surface area contributed by atoms with E-state index in [1.165, 1.54) is 0 Å². The minimum Gasteiger partial charge on any atom is -0.497 e. The number of benzene rings is 1. The van der Waals surface area contributed by atoms with E-state index in [1.54, 1.807) is 0 Å². The number of rotatable bonds is 7. The van der Waals surface area contributed by atoms with Crippen LogP contribution in [0.4, 0.5) is 17.1 Å². The van der Waals surface area contributed by atoms with Gasteiger partial charge in [-0.2, -0.15) is 0 Å². The van der Waals surface area contributed by atoms with Gasteiger partial charge in [0, 0.05) is 5.54 Å². The Morgan fingerprint density at radius 3 is 1.64 bits per heavy atom. The summed E-state index contributed by atoms with van der Waals surface area (Å²) < 4.78 is 0. The Morgan fingerprint density at radius 2 is 1.40 bits per heavy atom. The smallest absolute Gasteiger partial charge is 0.324 e. The van der Waals surface area contributed by atoms with Crippen LogP contribution in [0.15, 0.2) is 37.4 Å². The number of non-ortho nitro benzene ring substituents is 1. The van der Waals surface area contributed by atoms with Crippen molar-refractivity contribution in [1.82, 2.24) is 0 Å². The number of nitrogens with two attached hydrogens (primary N) is 1. The van der Waals surface area contributed by atoms with E-state index in [-0.39, 0.29) is 5.54 Å². The van der Waals surface area contributed by atoms with Gasteiger partial charge in [-0.1, -0.05) is 12.2 Å². The zero-order valence-electron chi connectivity index (χ0n) is 13.5. The van der Waals surface area contributed by atoms with Crippen LogP contribution in [-0.2, 0) is 0 Å². The average Bonchev–Trinajstić information content (AvgIpc) is 2.46. The molecule has 11 nitrogen and oxygen atoms in total. The van der Waals surface area contributed by atoms with Gasteiger partial charge >= 0.3 is 11.4 Å². The molecule has 0 saturated heterocycles. The second-order valence-corrected chi connectivity index (χ2v) is 5.24. The molecule has 0 saturated carbocycles. The zero-order chi connectivity index (χ0) is 19.8. The highest BCUT2D eigenvalue weighted by Crippen LogP contribution is 2.38. The molecule has 11 heteroatoms. The Hall–Kier alpha value is -3.34. The van der Waals surface area contributed by atoms with Crippen molar-refractivity contribution < 1.29 is 19.9 Å². The third kappa shape index (κ3) is 6.74. The predicted molar refractivity (Wildman–Crippen MR) is 90.3 cm³/mol. The molecule has 0 atom stereocenters. The third-order valence-electron chi connectivity index (χ3n) is 2.88. The van der Waals surface area contributed by atoms with Crippen molar-refractivity contribution in [2.45, 2.75) is 25.3 Å². The Balaban J connectivity index is 0.000000547. The fraction of sp³-hybridized carbons (Fsp3) is 0.286. The molecule has 0 heterocycles. The largest absolute Gasteiger partial charge is 0.497 e. The van der Waals surface area contributed by atoms with Crippen molar-refractivity contribution in [2.24, 2.45) is 5.73 Å². The van der Waals surface area contributed by atoms with E-state index in [0.29, 0.717) is 12.1 Å². The number of nitrogens with zero attached hydrogens (tertiary/aromatic N) is 3. The number of nitro benzene ring substituents is 3. The van der Waals surface area contributed by atoms with Crippen molar-refractivity contribution in [1.29, 1.82) is 0 Å². The summed E-state index contributed by atoms with van der Waals surface area (Å²) in [5, 5.41) is 40.2. The van der Waals surface area contributed by atoms with Crippen LogP contribution in [-0.4, -0.2) is 25.4 Å². The molecule has 25 heavy (non-hydrogen) atoms. The molecular formula is C14H18N4O7. The van der Waals surface area contributed by atoms with Crippen molar-refractivity contribution in [3.63, 3.8) is 0 Å². The fourth-order valence-electron chi connectivity index (χ4n) is 1.72. The molecule has 0 unspecified atom stereocenters. The number of aromatic hydroxyl groups is 1. The molecule has 0 amide bonds. The van der Waals surface area contributed by atoms with Crippen molar-refractivity contribution in [3.05, 3.63) is 67.8 Å². The summed E-state index contributed by atoms with van der Waals surface area (Å²) in [7, 11) is 0. The standard InChI is InChI=1S/C8H15N.C6H3N3O7/c1-4-6-8(3,9)7-5-2;10-6-4(8(13)14)1-3(7(11)12)2-5(6)9(15)16/h4-5H,1-2,6-7,9H2,3H3;1-2,10H. The van der Waals surface area contributed by atoms with Gasteiger partial charge in [0.2, 0.25) is 0 Å². The van der Waals surface area contributed by atoms with Crippen molar-refractivity contribution in [2.75, 3.05) is 0 Å². The summed E-state index contributed by atoms with van der Waals surface area (Å²) in [6.07, 6.45) is 5.37. The molecule has 136 valence electrons. The molecule has 0 radical (unpaired) electrons. The maximum Gasteiger partial charge on any atom is 0.324 e. The highest BCUT2D eigenvalue weighted by atomic mass is 16.6. The molecule has 1 rings (SSSR count). The molecule has 0 aromatic heterocycles. The first kappa shape index (κ1) is 21.7. The molecule has 0 aliphatic heterocycles. The molecule has 0 aliphatic rings. The predicted octanol–water partition coefficient (Wildman–Crippen LogP) is 2.97. The second kappa shape index (κ2) is 9.08. The Morgan fingerprint density at radius 1 is 1.04 bits per heavy atom. The van der Waals surface area contributed by atoms with E-state index in [2.05, 4.69) is 13.2 Å². The topological polar surface area (TPSA) is 176 Å². The molecule has 0 bridgehead atoms. The van der Waals surface area contributed by atoms with E-state index in [4.69, 9.17) is 10.8 Å². The van der Waals surface area contributed by atoms with E-state index in [9.17, 15) is 30.3 Å². The van der Waals surface area contributed by atoms with Gasteiger partial charge in [-0.25, -0.2) is 0 Å². The lowest BCUT2D eigenvalue weighted by Gasteiger charge is -2.20. The second-order valence-electron chi connectivity index (χ2n) is 5.24. The van der Waals surface area contributed by atoms with E-state index in [1.807, 2.05) is 19.1 Å². The first-order valence-corrected chi connectivity index (χ1v) is 6.77. The van der Waals surface area contributed by atoms with Gasteiger partial charge in [0.25, 0.3) is 11.4 Å². The first-order chi connectivity index (χ1) is 11.5. The number of hydrogen-bond donors (Lipinski definition) is 2. The average molecular weight is 354 g/mol. The highest BCUT2D eigenvalue weighted by molar-refractivity contribution is 5.64. The van der Waals surface area contributed by atoms with Gasteiger partial charge in [0.1, 0.15) is 0 Å². The normalized spacial score (nSPS) is 10.2. The molecule has 0 aliphatic carbocycles. The first-order valence-electron chi connectivity index (χ1n) is 6.77. The lowest BCUT2D eigenvalue weighted by Crippen LogP contribution is -2.34. The van der Waals surface area contributed by atoms with Crippen LogP contribution in [0, 0.1) is 30.3 Å². The summed E-state index contributed by atoms with van der Waals surface area (Å²) >= 11 is 0. The SMILES string of the molecule is C=CCC(C)(N)CC=C.O=[N+]([O-])c1cc([N+](=O)[O-])c(O)c([N+](=O)[O-])c1. The monoisotopic (exact) mass is 354 g/mol. The van der Waals surface area contributed by atoms with Crippen LogP contribution >= 0.6 is 0 Å². The van der Waals surface area contributed by atoms with E-state index in [0.717, 1.165) is 12.8 Å². The number of phenolic OH excluding ortho intramolecular Hbond substituents is 1. The third-order valence-corrected chi connectivity index (χ3v) is 2.88. The van der Waals surface area contributed by atoms with Crippen molar-refractivity contribution in [3.8, 4) is 5.75 Å². The Bertz CT molecular complexity index is 653. The van der Waals surface area contributed by atoms with E-state index >= 15 is 0 Å². The minimum atomic E-state index is -1.21. The van der Waals surface area contributed by atoms with Gasteiger partial charge in [0.15, 0.2) is 0 Å². The van der Waals surface area contributed by atoms with Crippen molar-refractivity contribution >= 4 is 17.1 Å². The number of nitro groups is 3. The summed E-state index contributed by atoms with van der Waals surface area (Å²) in [5.41, 5.74) is 2.66. The fourth-order valence-corrected chi connectivity index (χ4v) is 1.72. The van der Waals surface area contributed by atoms with Crippen LogP contribution in [0.25, 0.3) is 0 Å². The molecule has 1 aromatic rings. The molecule has 0 fully saturated rings. The van der Waals surface area contributed by atoms with Gasteiger partial charge in [-0.05, 0) is 19.8 Å². The molecule has 1 aromatic carbocycles.